The summed E-state index contributed by atoms with van der Waals surface area (Å²) >= 11 is 0. The summed E-state index contributed by atoms with van der Waals surface area (Å²) in [7, 11) is 0. The van der Waals surface area contributed by atoms with Crippen LogP contribution in [0.4, 0.5) is 0 Å². The normalized spacial score (nSPS) is 13.0. The molecule has 0 saturated heterocycles. The van der Waals surface area contributed by atoms with Crippen molar-refractivity contribution in [1.29, 1.82) is 0 Å². The van der Waals surface area contributed by atoms with Gasteiger partial charge in [0.15, 0.2) is 12.4 Å². The minimum Gasteiger partial charge on any atom is -0.471 e. The van der Waals surface area contributed by atoms with Crippen LogP contribution < -0.4 is 14.9 Å². The molecule has 4 aromatic rings. The zero-order valence-corrected chi connectivity index (χ0v) is 15.6. The highest BCUT2D eigenvalue weighted by atomic mass is 15.2. The van der Waals surface area contributed by atoms with E-state index in [0.29, 0.717) is 0 Å². The average molecular weight is 364 g/mol. The molecule has 28 heavy (non-hydrogen) atoms. The van der Waals surface area contributed by atoms with Crippen molar-refractivity contribution in [1.82, 2.24) is 0 Å². The first kappa shape index (κ1) is 16.8. The van der Waals surface area contributed by atoms with Gasteiger partial charge in [0, 0.05) is 35.4 Å². The Balaban J connectivity index is 1.89. The van der Waals surface area contributed by atoms with E-state index in [1.807, 2.05) is 0 Å². The number of benzene rings is 2. The van der Waals surface area contributed by atoms with E-state index < -0.39 is 0 Å². The van der Waals surface area contributed by atoms with E-state index in [9.17, 15) is 0 Å². The van der Waals surface area contributed by atoms with E-state index in [0.717, 1.165) is 17.8 Å². The maximum absolute atomic E-state index is 6.22. The fourth-order valence-electron chi connectivity index (χ4n) is 4.20. The predicted octanol–water partition coefficient (Wildman–Crippen LogP) is 3.67. The smallest absolute Gasteiger partial charge is 0.252 e. The van der Waals surface area contributed by atoms with Crippen LogP contribution in [0.5, 0.6) is 0 Å². The Kier molecular flexibility index (Phi) is 4.22. The molecule has 0 fully saturated rings. The molecule has 3 heterocycles. The van der Waals surface area contributed by atoms with Gasteiger partial charge in [0.1, 0.15) is 0 Å². The topological polar surface area (TPSA) is 33.8 Å². The lowest BCUT2D eigenvalue weighted by Crippen LogP contribution is -2.60. The van der Waals surface area contributed by atoms with Gasteiger partial charge in [0.05, 0.1) is 0 Å². The van der Waals surface area contributed by atoms with Crippen LogP contribution in [0.15, 0.2) is 97.3 Å². The number of aromatic nitrogens is 2. The number of hydrogen-bond acceptors (Lipinski definition) is 1. The number of pyridine rings is 2. The highest BCUT2D eigenvalue weighted by Gasteiger charge is 2.29. The van der Waals surface area contributed by atoms with Crippen molar-refractivity contribution in [2.75, 3.05) is 0 Å². The average Bonchev–Trinajstić information content (AvgIpc) is 2.76. The summed E-state index contributed by atoms with van der Waals surface area (Å²) in [6, 6.07) is 30.0. The van der Waals surface area contributed by atoms with Crippen LogP contribution in [-0.4, -0.2) is 0 Å². The van der Waals surface area contributed by atoms with Crippen LogP contribution in [0.25, 0.3) is 22.5 Å². The summed E-state index contributed by atoms with van der Waals surface area (Å²) in [6.07, 6.45) is 4.97. The number of fused-ring (bicyclic) bond motifs is 6. The first-order valence-electron chi connectivity index (χ1n) is 9.59. The highest BCUT2D eigenvalue weighted by Crippen LogP contribution is 2.29. The second kappa shape index (κ2) is 7.02. The molecular weight excluding hydrogens is 342 g/mol. The Labute approximate surface area is 165 Å². The van der Waals surface area contributed by atoms with Crippen LogP contribution in [0.3, 0.4) is 0 Å². The Hall–Kier alpha value is -3.30. The maximum atomic E-state index is 6.22. The zero-order valence-electron chi connectivity index (χ0n) is 15.6. The van der Waals surface area contributed by atoms with Gasteiger partial charge in [-0.2, -0.15) is 9.13 Å². The summed E-state index contributed by atoms with van der Waals surface area (Å²) < 4.78 is 4.49. The molecule has 2 aromatic carbocycles. The van der Waals surface area contributed by atoms with Crippen molar-refractivity contribution in [2.24, 2.45) is 5.73 Å². The standard InChI is InChI=1S/C25H22N3/c26-18-25-27-15-7-5-13-23(27)21-11-3-1-9-19(21)17-20-10-2-4-12-22(20)24-14-6-8-16-28(24)25/h1-16,18,25H,17,26H2/q+1. The minimum atomic E-state index is -0.133. The van der Waals surface area contributed by atoms with E-state index in [1.165, 1.54) is 22.3 Å². The Bertz CT molecular complexity index is 1060. The Morgan fingerprint density at radius 3 is 1.61 bits per heavy atom. The lowest BCUT2D eigenvalue weighted by molar-refractivity contribution is -0.927. The van der Waals surface area contributed by atoms with Crippen molar-refractivity contribution >= 4 is 0 Å². The summed E-state index contributed by atoms with van der Waals surface area (Å²) in [5, 5.41) is 0. The highest BCUT2D eigenvalue weighted by molar-refractivity contribution is 5.66. The van der Waals surface area contributed by atoms with Gasteiger partial charge in [-0.25, -0.2) is 0 Å². The second-order valence-corrected chi connectivity index (χ2v) is 7.08. The van der Waals surface area contributed by atoms with E-state index in [2.05, 4.69) is 106 Å². The molecule has 5 rings (SSSR count). The molecule has 2 N–H and O–H groups in total. The lowest BCUT2D eigenvalue weighted by atomic mass is 9.92. The van der Waals surface area contributed by atoms with Crippen molar-refractivity contribution in [2.45, 2.75) is 12.6 Å². The van der Waals surface area contributed by atoms with Gasteiger partial charge in [0.25, 0.3) is 6.17 Å². The fourth-order valence-corrected chi connectivity index (χ4v) is 4.20. The van der Waals surface area contributed by atoms with Crippen molar-refractivity contribution in [3.8, 4) is 22.5 Å². The first-order valence-corrected chi connectivity index (χ1v) is 9.59. The number of nitrogens with two attached hydrogens (primary N) is 1. The number of nitrogens with zero attached hydrogens (tertiary/aromatic N) is 2. The summed E-state index contributed by atoms with van der Waals surface area (Å²) in [5.41, 5.74) is 13.6. The second-order valence-electron chi connectivity index (χ2n) is 7.08. The molecule has 0 unspecified atom stereocenters. The lowest BCUT2D eigenvalue weighted by Gasteiger charge is -2.21. The van der Waals surface area contributed by atoms with Crippen LogP contribution in [0, 0.1) is 6.54 Å². The molecular formula is C25H22N3+. The van der Waals surface area contributed by atoms with Crippen molar-refractivity contribution in [3.05, 3.63) is 115 Å². The van der Waals surface area contributed by atoms with Gasteiger partial charge < -0.3 is 5.73 Å². The van der Waals surface area contributed by atoms with E-state index in [1.54, 1.807) is 6.54 Å². The van der Waals surface area contributed by atoms with Crippen LogP contribution in [0.2, 0.25) is 0 Å². The molecule has 136 valence electrons. The molecule has 1 aliphatic rings. The third-order valence-corrected chi connectivity index (χ3v) is 5.49. The van der Waals surface area contributed by atoms with E-state index >= 15 is 0 Å². The summed E-state index contributed by atoms with van der Waals surface area (Å²) in [5.74, 6) is 0. The third-order valence-electron chi connectivity index (χ3n) is 5.49. The molecule has 0 amide bonds. The van der Waals surface area contributed by atoms with Gasteiger partial charge in [-0.05, 0) is 41.8 Å². The number of rotatable bonds is 1. The van der Waals surface area contributed by atoms with Crippen molar-refractivity contribution < 1.29 is 9.13 Å². The molecule has 0 spiro atoms. The van der Waals surface area contributed by atoms with E-state index in [-0.39, 0.29) is 6.17 Å². The quantitative estimate of drug-likeness (QED) is 0.406. The van der Waals surface area contributed by atoms with Gasteiger partial charge in [-0.15, -0.1) is 6.54 Å². The van der Waals surface area contributed by atoms with Crippen LogP contribution in [0.1, 0.15) is 17.3 Å². The van der Waals surface area contributed by atoms with Gasteiger partial charge in [-0.3, -0.25) is 0 Å². The minimum absolute atomic E-state index is 0.133. The predicted molar refractivity (Wildman–Crippen MR) is 110 cm³/mol. The maximum Gasteiger partial charge on any atom is 0.252 e. The van der Waals surface area contributed by atoms with Gasteiger partial charge >= 0.3 is 0 Å². The van der Waals surface area contributed by atoms with Crippen molar-refractivity contribution in [3.63, 3.8) is 0 Å². The summed E-state index contributed by atoms with van der Waals surface area (Å²) in [4.78, 5) is 0. The van der Waals surface area contributed by atoms with Crippen LogP contribution in [-0.2, 0) is 6.42 Å². The molecule has 0 radical (unpaired) electrons. The molecule has 2 aromatic heterocycles. The Morgan fingerprint density at radius 2 is 1.11 bits per heavy atom. The van der Waals surface area contributed by atoms with E-state index in [4.69, 9.17) is 5.73 Å². The molecule has 0 atom stereocenters. The molecule has 0 saturated carbocycles. The van der Waals surface area contributed by atoms with Crippen LogP contribution >= 0.6 is 0 Å². The molecule has 0 bridgehead atoms. The zero-order chi connectivity index (χ0) is 18.9. The molecule has 3 nitrogen and oxygen atoms in total. The summed E-state index contributed by atoms with van der Waals surface area (Å²) in [6.45, 7) is 1.76. The molecule has 3 heteroatoms. The first-order chi connectivity index (χ1) is 13.9. The monoisotopic (exact) mass is 364 g/mol. The molecule has 0 aliphatic carbocycles. The third kappa shape index (κ3) is 2.72. The SMILES string of the molecule is N[CH-]C1[n+]2ccccc2-c2ccccc2Cc2ccccc2-c2cccc[n+]21. The number of hydrogen-bond donors (Lipinski definition) is 1. The Morgan fingerprint density at radius 1 is 0.643 bits per heavy atom. The fraction of sp³-hybridized carbons (Fsp3) is 0.0800. The largest absolute Gasteiger partial charge is 0.471 e. The van der Waals surface area contributed by atoms with Gasteiger partial charge in [-0.1, -0.05) is 36.4 Å². The molecule has 1 aliphatic heterocycles. The van der Waals surface area contributed by atoms with Gasteiger partial charge in [0.2, 0.25) is 11.4 Å².